The van der Waals surface area contributed by atoms with Crippen LogP contribution in [0.15, 0.2) is 40.9 Å². The lowest BCUT2D eigenvalue weighted by molar-refractivity contribution is 0.0166. The van der Waals surface area contributed by atoms with Crippen molar-refractivity contribution in [3.8, 4) is 11.3 Å². The lowest BCUT2D eigenvalue weighted by Gasteiger charge is -2.40. The van der Waals surface area contributed by atoms with Gasteiger partial charge in [-0.15, -0.1) is 0 Å². The van der Waals surface area contributed by atoms with Gasteiger partial charge >= 0.3 is 12.0 Å². The van der Waals surface area contributed by atoms with Gasteiger partial charge in [0.1, 0.15) is 17.4 Å². The summed E-state index contributed by atoms with van der Waals surface area (Å²) in [6, 6.07) is 6.58. The number of alkyl halides is 2. The van der Waals surface area contributed by atoms with E-state index in [2.05, 4.69) is 10.1 Å². The molecule has 0 N–H and O–H groups in total. The largest absolute Gasteiger partial charge is 0.458 e. The molecule has 3 aliphatic heterocycles. The Hall–Kier alpha value is -3.17. The molecule has 3 aromatic rings. The fourth-order valence-corrected chi connectivity index (χ4v) is 7.07. The SMILES string of the molecule is CN1c2cc(N3[C@@H]4CC[C@H]3CC(OC(=O)c3c(-c5c(Cl)cccc5Cl)noc3C3CC3)C4)ccc2C(=O)C1(F)F. The van der Waals surface area contributed by atoms with Crippen LogP contribution < -0.4 is 9.80 Å². The van der Waals surface area contributed by atoms with Crippen LogP contribution in [-0.4, -0.2) is 48.2 Å². The molecule has 0 amide bonds. The number of piperidine rings is 1. The van der Waals surface area contributed by atoms with Gasteiger partial charge in [-0.1, -0.05) is 34.4 Å². The van der Waals surface area contributed by atoms with Gasteiger partial charge in [0.15, 0.2) is 5.76 Å². The molecule has 0 radical (unpaired) electrons. The molecule has 4 aliphatic rings. The van der Waals surface area contributed by atoms with Crippen LogP contribution >= 0.6 is 23.2 Å². The summed E-state index contributed by atoms with van der Waals surface area (Å²) in [5, 5.41) is 4.92. The van der Waals surface area contributed by atoms with E-state index in [-0.39, 0.29) is 46.6 Å². The zero-order chi connectivity index (χ0) is 27.9. The number of benzene rings is 2. The summed E-state index contributed by atoms with van der Waals surface area (Å²) in [4.78, 5) is 28.8. The molecule has 0 spiro atoms. The van der Waals surface area contributed by atoms with E-state index in [9.17, 15) is 18.4 Å². The zero-order valence-electron chi connectivity index (χ0n) is 21.5. The van der Waals surface area contributed by atoms with Gasteiger partial charge in [0.05, 0.1) is 15.7 Å². The molecule has 11 heteroatoms. The van der Waals surface area contributed by atoms with E-state index < -0.39 is 17.8 Å². The van der Waals surface area contributed by atoms with Gasteiger partial charge in [0, 0.05) is 54.7 Å². The molecular formula is C29H25Cl2F2N3O4. The van der Waals surface area contributed by atoms with E-state index in [1.54, 1.807) is 30.3 Å². The van der Waals surface area contributed by atoms with Crippen LogP contribution in [0.1, 0.15) is 70.9 Å². The summed E-state index contributed by atoms with van der Waals surface area (Å²) in [7, 11) is 1.23. The topological polar surface area (TPSA) is 75.9 Å². The van der Waals surface area contributed by atoms with E-state index in [0.29, 0.717) is 34.2 Å². The average Bonchev–Trinajstić information content (AvgIpc) is 3.58. The number of halogens is 4. The third kappa shape index (κ3) is 3.92. The Balaban J connectivity index is 1.13. The molecule has 40 heavy (non-hydrogen) atoms. The summed E-state index contributed by atoms with van der Waals surface area (Å²) >= 11 is 12.9. The first-order chi connectivity index (χ1) is 19.1. The van der Waals surface area contributed by atoms with Crippen molar-refractivity contribution < 1.29 is 27.6 Å². The van der Waals surface area contributed by atoms with Gasteiger partial charge in [-0.05, 0) is 56.0 Å². The van der Waals surface area contributed by atoms with Crippen molar-refractivity contribution in [3.63, 3.8) is 0 Å². The number of ether oxygens (including phenoxy) is 1. The van der Waals surface area contributed by atoms with Crippen LogP contribution in [0, 0.1) is 0 Å². The standard InChI is InChI=1S/C29H25Cl2F2N3O4/c1-35-22-13-17(9-10-19(22)27(37)29(35,32)33)36-15-7-8-16(36)12-18(11-15)39-28(38)24-25(34-40-26(24)14-5-6-14)23-20(30)3-2-4-21(23)31/h2-4,9-10,13-16,18H,5-8,11-12H2,1H3/t15-,16+,18?. The second-order valence-corrected chi connectivity index (χ2v) is 11.9. The van der Waals surface area contributed by atoms with Gasteiger partial charge in [-0.2, -0.15) is 8.78 Å². The molecule has 1 aromatic heterocycles. The Labute approximate surface area is 238 Å². The van der Waals surface area contributed by atoms with Crippen molar-refractivity contribution >= 4 is 46.3 Å². The summed E-state index contributed by atoms with van der Waals surface area (Å²) in [6.07, 6.45) is 4.44. The van der Waals surface area contributed by atoms with Gasteiger partial charge in [0.2, 0.25) is 0 Å². The number of hydrogen-bond donors (Lipinski definition) is 0. The third-order valence-electron chi connectivity index (χ3n) is 8.61. The van der Waals surface area contributed by atoms with E-state index in [0.717, 1.165) is 36.3 Å². The molecule has 2 saturated heterocycles. The molecular weight excluding hydrogens is 563 g/mol. The smallest absolute Gasteiger partial charge is 0.389 e. The maximum Gasteiger partial charge on any atom is 0.389 e. The van der Waals surface area contributed by atoms with Crippen molar-refractivity contribution in [2.45, 2.75) is 68.7 Å². The highest BCUT2D eigenvalue weighted by atomic mass is 35.5. The molecule has 2 bridgehead atoms. The van der Waals surface area contributed by atoms with Crippen LogP contribution in [0.5, 0.6) is 0 Å². The van der Waals surface area contributed by atoms with Crippen molar-refractivity contribution in [2.24, 2.45) is 0 Å². The van der Waals surface area contributed by atoms with Gasteiger partial charge in [-0.3, -0.25) is 4.79 Å². The number of hydrogen-bond acceptors (Lipinski definition) is 7. The van der Waals surface area contributed by atoms with Crippen molar-refractivity contribution in [2.75, 3.05) is 16.8 Å². The molecule has 2 aromatic carbocycles. The van der Waals surface area contributed by atoms with Crippen LogP contribution in [-0.2, 0) is 4.74 Å². The highest BCUT2D eigenvalue weighted by Gasteiger charge is 2.52. The molecule has 3 atom stereocenters. The number of likely N-dealkylation sites (N-methyl/N-ethyl adjacent to an activating group) is 1. The number of ketones is 1. The Bertz CT molecular complexity index is 1520. The first-order valence-corrected chi connectivity index (χ1v) is 14.1. The van der Waals surface area contributed by atoms with Crippen LogP contribution in [0.3, 0.4) is 0 Å². The predicted octanol–water partition coefficient (Wildman–Crippen LogP) is 7.11. The quantitative estimate of drug-likeness (QED) is 0.232. The van der Waals surface area contributed by atoms with Gasteiger partial charge in [-0.25, -0.2) is 4.79 Å². The van der Waals surface area contributed by atoms with Gasteiger partial charge < -0.3 is 19.1 Å². The number of fused-ring (bicyclic) bond motifs is 3. The van der Waals surface area contributed by atoms with Crippen LogP contribution in [0.4, 0.5) is 20.2 Å². The second-order valence-electron chi connectivity index (χ2n) is 11.1. The molecule has 7 rings (SSSR count). The minimum absolute atomic E-state index is 0.0297. The number of aromatic nitrogens is 1. The summed E-state index contributed by atoms with van der Waals surface area (Å²) in [5.74, 6) is -1.07. The lowest BCUT2D eigenvalue weighted by atomic mass is 9.97. The number of rotatable bonds is 5. The Morgan fingerprint density at radius 1 is 1.07 bits per heavy atom. The lowest BCUT2D eigenvalue weighted by Crippen LogP contribution is -2.46. The molecule has 1 saturated carbocycles. The Kier molecular flexibility index (Phi) is 5.91. The van der Waals surface area contributed by atoms with Gasteiger partial charge in [0.25, 0.3) is 5.78 Å². The minimum atomic E-state index is -3.55. The second kappa shape index (κ2) is 9.17. The molecule has 3 fully saturated rings. The number of carbonyl (C=O) groups is 2. The Morgan fingerprint density at radius 3 is 2.40 bits per heavy atom. The fraction of sp³-hybridized carbons (Fsp3) is 0.414. The highest BCUT2D eigenvalue weighted by Crippen LogP contribution is 2.48. The summed E-state index contributed by atoms with van der Waals surface area (Å²) < 4.78 is 40.3. The monoisotopic (exact) mass is 587 g/mol. The molecule has 1 unspecified atom stereocenters. The number of nitrogens with zero attached hydrogens (tertiary/aromatic N) is 3. The maximum absolute atomic E-state index is 14.3. The fourth-order valence-electron chi connectivity index (χ4n) is 6.49. The van der Waals surface area contributed by atoms with Crippen molar-refractivity contribution in [1.29, 1.82) is 0 Å². The van der Waals surface area contributed by atoms with Crippen LogP contribution in [0.25, 0.3) is 11.3 Å². The number of anilines is 2. The molecule has 208 valence electrons. The van der Waals surface area contributed by atoms with Crippen molar-refractivity contribution in [3.05, 3.63) is 63.3 Å². The normalized spacial score (nSPS) is 24.9. The molecule has 4 heterocycles. The number of esters is 1. The van der Waals surface area contributed by atoms with Crippen molar-refractivity contribution in [1.82, 2.24) is 5.16 Å². The first-order valence-electron chi connectivity index (χ1n) is 13.4. The molecule has 1 aliphatic carbocycles. The Morgan fingerprint density at radius 2 is 1.75 bits per heavy atom. The van der Waals surface area contributed by atoms with E-state index in [4.69, 9.17) is 32.5 Å². The summed E-state index contributed by atoms with van der Waals surface area (Å²) in [5.41, 5.74) is 2.05. The van der Waals surface area contributed by atoms with Crippen LogP contribution in [0.2, 0.25) is 10.0 Å². The number of Topliss-reactive ketones (excluding diaryl/α,β-unsaturated/α-hetero) is 1. The van der Waals surface area contributed by atoms with E-state index in [1.165, 1.54) is 13.1 Å². The first kappa shape index (κ1) is 25.8. The molecule has 7 nitrogen and oxygen atoms in total. The maximum atomic E-state index is 14.3. The van der Waals surface area contributed by atoms with E-state index >= 15 is 0 Å². The minimum Gasteiger partial charge on any atom is -0.458 e. The number of carbonyl (C=O) groups excluding carboxylic acids is 2. The summed E-state index contributed by atoms with van der Waals surface area (Å²) in [6.45, 7) is 0. The van der Waals surface area contributed by atoms with E-state index in [1.807, 2.05) is 0 Å². The third-order valence-corrected chi connectivity index (χ3v) is 9.24. The predicted molar refractivity (Wildman–Crippen MR) is 146 cm³/mol. The zero-order valence-corrected chi connectivity index (χ0v) is 23.0. The average molecular weight is 588 g/mol. The highest BCUT2D eigenvalue weighted by molar-refractivity contribution is 6.39.